The van der Waals surface area contributed by atoms with E-state index in [1.165, 1.54) is 17.4 Å². The van der Waals surface area contributed by atoms with E-state index in [2.05, 4.69) is 15.4 Å². The SMILES string of the molecule is CC(=O)Nc1ncc(S(=O)(=O)N2CCC(c3ccc4c(C)nn(C)c4n3)CC2)s1. The fourth-order valence-corrected chi connectivity index (χ4v) is 6.35. The number of hydrogen-bond donors (Lipinski definition) is 1. The first-order valence-corrected chi connectivity index (χ1v) is 11.5. The molecule has 154 valence electrons. The molecule has 4 heterocycles. The van der Waals surface area contributed by atoms with E-state index in [0.29, 0.717) is 25.9 Å². The van der Waals surface area contributed by atoms with Gasteiger partial charge in [-0.2, -0.15) is 9.40 Å². The number of carbonyl (C=O) groups is 1. The van der Waals surface area contributed by atoms with Crippen molar-refractivity contribution in [3.63, 3.8) is 0 Å². The van der Waals surface area contributed by atoms with Crippen LogP contribution >= 0.6 is 11.3 Å². The van der Waals surface area contributed by atoms with Crippen LogP contribution in [0, 0.1) is 6.92 Å². The zero-order valence-electron chi connectivity index (χ0n) is 16.4. The summed E-state index contributed by atoms with van der Waals surface area (Å²) in [4.78, 5) is 19.9. The van der Waals surface area contributed by atoms with Gasteiger partial charge in [-0.3, -0.25) is 9.48 Å². The van der Waals surface area contributed by atoms with Gasteiger partial charge in [0.05, 0.1) is 11.9 Å². The number of nitrogens with zero attached hydrogens (tertiary/aromatic N) is 5. The maximum Gasteiger partial charge on any atom is 0.254 e. The molecule has 0 aliphatic carbocycles. The van der Waals surface area contributed by atoms with E-state index in [9.17, 15) is 13.2 Å². The molecule has 0 unspecified atom stereocenters. The number of aryl methyl sites for hydroxylation is 2. The van der Waals surface area contributed by atoms with Gasteiger partial charge in [0.1, 0.15) is 0 Å². The molecular formula is C18H22N6O3S2. The van der Waals surface area contributed by atoms with Crippen molar-refractivity contribution in [3.8, 4) is 0 Å². The monoisotopic (exact) mass is 434 g/mol. The second kappa shape index (κ2) is 7.47. The van der Waals surface area contributed by atoms with E-state index in [4.69, 9.17) is 4.98 Å². The molecule has 29 heavy (non-hydrogen) atoms. The van der Waals surface area contributed by atoms with Crippen LogP contribution in [0.15, 0.2) is 22.5 Å². The summed E-state index contributed by atoms with van der Waals surface area (Å²) >= 11 is 0.970. The number of amides is 1. The third-order valence-electron chi connectivity index (χ3n) is 5.13. The minimum absolute atomic E-state index is 0.143. The summed E-state index contributed by atoms with van der Waals surface area (Å²) in [6.45, 7) is 4.16. The second-order valence-electron chi connectivity index (χ2n) is 7.16. The molecule has 0 aromatic carbocycles. The van der Waals surface area contributed by atoms with E-state index >= 15 is 0 Å². The molecule has 3 aromatic rings. The van der Waals surface area contributed by atoms with Crippen LogP contribution < -0.4 is 5.32 Å². The number of aromatic nitrogens is 4. The van der Waals surface area contributed by atoms with E-state index in [1.807, 2.05) is 26.1 Å². The average molecular weight is 435 g/mol. The van der Waals surface area contributed by atoms with Crippen molar-refractivity contribution in [2.75, 3.05) is 18.4 Å². The number of rotatable bonds is 4. The maximum atomic E-state index is 12.9. The first-order chi connectivity index (χ1) is 13.8. The minimum atomic E-state index is -3.62. The van der Waals surface area contributed by atoms with Gasteiger partial charge in [-0.15, -0.1) is 0 Å². The minimum Gasteiger partial charge on any atom is -0.302 e. The van der Waals surface area contributed by atoms with Crippen molar-refractivity contribution in [3.05, 3.63) is 29.7 Å². The van der Waals surface area contributed by atoms with Crippen LogP contribution in [0.5, 0.6) is 0 Å². The van der Waals surface area contributed by atoms with E-state index < -0.39 is 10.0 Å². The lowest BCUT2D eigenvalue weighted by Gasteiger charge is -2.30. The first kappa shape index (κ1) is 19.9. The number of carbonyl (C=O) groups excluding carboxylic acids is 1. The Balaban J connectivity index is 1.48. The van der Waals surface area contributed by atoms with Gasteiger partial charge in [0.2, 0.25) is 5.91 Å². The molecule has 0 bridgehead atoms. The van der Waals surface area contributed by atoms with Gasteiger partial charge in [-0.05, 0) is 31.9 Å². The lowest BCUT2D eigenvalue weighted by atomic mass is 9.94. The third-order valence-corrected chi connectivity index (χ3v) is 8.37. The Morgan fingerprint density at radius 2 is 2.00 bits per heavy atom. The van der Waals surface area contributed by atoms with Crippen LogP contribution in [0.25, 0.3) is 11.0 Å². The largest absolute Gasteiger partial charge is 0.302 e. The lowest BCUT2D eigenvalue weighted by molar-refractivity contribution is -0.114. The zero-order valence-corrected chi connectivity index (χ0v) is 18.0. The highest BCUT2D eigenvalue weighted by molar-refractivity contribution is 7.91. The number of anilines is 1. The zero-order chi connectivity index (χ0) is 20.8. The summed E-state index contributed by atoms with van der Waals surface area (Å²) in [5, 5.41) is 8.25. The van der Waals surface area contributed by atoms with Gasteiger partial charge in [0.15, 0.2) is 15.0 Å². The molecule has 0 radical (unpaired) electrons. The Morgan fingerprint density at radius 3 is 2.69 bits per heavy atom. The highest BCUT2D eigenvalue weighted by Crippen LogP contribution is 2.33. The summed E-state index contributed by atoms with van der Waals surface area (Å²) in [5.74, 6) is -0.0744. The third kappa shape index (κ3) is 3.77. The Labute approximate surface area is 172 Å². The van der Waals surface area contributed by atoms with Gasteiger partial charge in [0, 0.05) is 44.1 Å². The molecule has 11 heteroatoms. The molecule has 3 aromatic heterocycles. The fraction of sp³-hybridized carbons (Fsp3) is 0.444. The molecule has 1 saturated heterocycles. The summed E-state index contributed by atoms with van der Waals surface area (Å²) in [6.07, 6.45) is 2.70. The predicted molar refractivity (Wildman–Crippen MR) is 110 cm³/mol. The summed E-state index contributed by atoms with van der Waals surface area (Å²) in [7, 11) is -1.74. The predicted octanol–water partition coefficient (Wildman–Crippen LogP) is 2.26. The number of nitrogens with one attached hydrogen (secondary N) is 1. The smallest absolute Gasteiger partial charge is 0.254 e. The number of hydrogen-bond acceptors (Lipinski definition) is 7. The van der Waals surface area contributed by atoms with Crippen molar-refractivity contribution in [1.82, 2.24) is 24.1 Å². The topological polar surface area (TPSA) is 110 Å². The summed E-state index contributed by atoms with van der Waals surface area (Å²) < 4.78 is 29.2. The Hall–Kier alpha value is -2.37. The van der Waals surface area contributed by atoms with Crippen molar-refractivity contribution in [2.24, 2.45) is 7.05 Å². The molecule has 1 fully saturated rings. The van der Waals surface area contributed by atoms with Crippen LogP contribution in [-0.4, -0.2) is 51.5 Å². The first-order valence-electron chi connectivity index (χ1n) is 9.29. The van der Waals surface area contributed by atoms with Crippen LogP contribution in [0.1, 0.15) is 37.1 Å². The molecule has 1 amide bonds. The van der Waals surface area contributed by atoms with E-state index in [1.54, 1.807) is 4.68 Å². The van der Waals surface area contributed by atoms with Crippen molar-refractivity contribution < 1.29 is 13.2 Å². The normalized spacial score (nSPS) is 16.4. The highest BCUT2D eigenvalue weighted by atomic mass is 32.2. The molecule has 0 atom stereocenters. The standard InChI is InChI=1S/C18H22N6O3S2/c1-11-14-4-5-15(21-17(14)23(3)22-11)13-6-8-24(9-7-13)29(26,27)16-10-19-18(28-16)20-12(2)25/h4-5,10,13H,6-9H2,1-3H3,(H,19,20,25). The maximum absolute atomic E-state index is 12.9. The van der Waals surface area contributed by atoms with Crippen molar-refractivity contribution in [1.29, 1.82) is 0 Å². The van der Waals surface area contributed by atoms with Gasteiger partial charge < -0.3 is 5.32 Å². The van der Waals surface area contributed by atoms with Crippen LogP contribution in [0.3, 0.4) is 0 Å². The van der Waals surface area contributed by atoms with Gasteiger partial charge in [-0.25, -0.2) is 18.4 Å². The number of thiazole rings is 1. The quantitative estimate of drug-likeness (QED) is 0.674. The highest BCUT2D eigenvalue weighted by Gasteiger charge is 2.32. The fourth-order valence-electron chi connectivity index (χ4n) is 3.65. The number of pyridine rings is 1. The molecular weight excluding hydrogens is 412 g/mol. The Bertz CT molecular complexity index is 1180. The van der Waals surface area contributed by atoms with Gasteiger partial charge in [-0.1, -0.05) is 11.3 Å². The summed E-state index contributed by atoms with van der Waals surface area (Å²) in [6, 6.07) is 4.07. The molecule has 1 N–H and O–H groups in total. The second-order valence-corrected chi connectivity index (χ2v) is 10.4. The van der Waals surface area contributed by atoms with Crippen LogP contribution in [0.2, 0.25) is 0 Å². The van der Waals surface area contributed by atoms with Gasteiger partial charge in [0.25, 0.3) is 10.0 Å². The van der Waals surface area contributed by atoms with E-state index in [-0.39, 0.29) is 21.2 Å². The molecule has 9 nitrogen and oxygen atoms in total. The number of piperidine rings is 1. The van der Waals surface area contributed by atoms with Gasteiger partial charge >= 0.3 is 0 Å². The molecule has 0 saturated carbocycles. The van der Waals surface area contributed by atoms with Crippen molar-refractivity contribution >= 4 is 43.4 Å². The molecule has 0 spiro atoms. The van der Waals surface area contributed by atoms with Crippen LogP contribution in [0.4, 0.5) is 5.13 Å². The number of fused-ring (bicyclic) bond motifs is 1. The number of sulfonamides is 1. The van der Waals surface area contributed by atoms with Crippen LogP contribution in [-0.2, 0) is 21.9 Å². The molecule has 1 aliphatic heterocycles. The Morgan fingerprint density at radius 1 is 1.28 bits per heavy atom. The molecule has 1 aliphatic rings. The average Bonchev–Trinajstić information content (AvgIpc) is 3.26. The van der Waals surface area contributed by atoms with E-state index in [0.717, 1.165) is 33.8 Å². The van der Waals surface area contributed by atoms with Crippen molar-refractivity contribution in [2.45, 2.75) is 36.8 Å². The lowest BCUT2D eigenvalue weighted by Crippen LogP contribution is -2.37. The Kier molecular flexibility index (Phi) is 5.13. The summed E-state index contributed by atoms with van der Waals surface area (Å²) in [5.41, 5.74) is 2.78. The molecule has 4 rings (SSSR count).